The third kappa shape index (κ3) is 3.70. The molecule has 30 heavy (non-hydrogen) atoms. The predicted molar refractivity (Wildman–Crippen MR) is 111 cm³/mol. The van der Waals surface area contributed by atoms with E-state index in [4.69, 9.17) is 4.52 Å². The van der Waals surface area contributed by atoms with E-state index in [0.29, 0.717) is 25.6 Å². The Balaban J connectivity index is 1.32. The summed E-state index contributed by atoms with van der Waals surface area (Å²) in [7, 11) is 1.98. The molecule has 3 atom stereocenters. The van der Waals surface area contributed by atoms with Gasteiger partial charge in [0.2, 0.25) is 5.91 Å². The summed E-state index contributed by atoms with van der Waals surface area (Å²) in [5.41, 5.74) is 2.84. The number of amides is 1. The Morgan fingerprint density at radius 3 is 2.93 bits per heavy atom. The van der Waals surface area contributed by atoms with E-state index in [2.05, 4.69) is 21.4 Å². The van der Waals surface area contributed by atoms with Gasteiger partial charge in [0.1, 0.15) is 6.26 Å². The van der Waals surface area contributed by atoms with E-state index in [-0.39, 0.29) is 23.4 Å². The summed E-state index contributed by atoms with van der Waals surface area (Å²) >= 11 is 0. The summed E-state index contributed by atoms with van der Waals surface area (Å²) < 4.78 is 6.86. The molecule has 1 N–H and O–H groups in total. The monoisotopic (exact) mass is 411 g/mol. The van der Waals surface area contributed by atoms with E-state index >= 15 is 0 Å². The maximum Gasteiger partial charge on any atom is 0.255 e. The Morgan fingerprint density at radius 2 is 2.17 bits per heavy atom. The number of piperidine rings is 1. The molecule has 8 nitrogen and oxygen atoms in total. The van der Waals surface area contributed by atoms with Gasteiger partial charge in [-0.1, -0.05) is 11.2 Å². The van der Waals surface area contributed by atoms with Gasteiger partial charge >= 0.3 is 0 Å². The van der Waals surface area contributed by atoms with Crippen LogP contribution < -0.4 is 10.9 Å². The number of hydrogen-bond donors (Lipinski definition) is 1. The fourth-order valence-electron chi connectivity index (χ4n) is 5.35. The summed E-state index contributed by atoms with van der Waals surface area (Å²) in [5, 5.41) is 7.27. The minimum Gasteiger partial charge on any atom is -0.364 e. The van der Waals surface area contributed by atoms with E-state index in [1.807, 2.05) is 28.6 Å². The Bertz CT molecular complexity index is 964. The van der Waals surface area contributed by atoms with Crippen molar-refractivity contribution in [3.8, 4) is 0 Å². The highest BCUT2D eigenvalue weighted by atomic mass is 16.5. The van der Waals surface area contributed by atoms with Crippen LogP contribution in [0.15, 0.2) is 33.8 Å². The topological polar surface area (TPSA) is 83.6 Å². The lowest BCUT2D eigenvalue weighted by atomic mass is 9.82. The van der Waals surface area contributed by atoms with Crippen LogP contribution in [0, 0.1) is 5.92 Å². The average Bonchev–Trinajstić information content (AvgIpc) is 3.44. The van der Waals surface area contributed by atoms with Crippen molar-refractivity contribution in [2.24, 2.45) is 5.92 Å². The number of nitrogens with one attached hydrogen (secondary N) is 1. The van der Waals surface area contributed by atoms with Gasteiger partial charge in [-0.15, -0.1) is 0 Å². The maximum atomic E-state index is 13.2. The number of aromatic nitrogens is 2. The predicted octanol–water partition coefficient (Wildman–Crippen LogP) is 1.17. The highest BCUT2D eigenvalue weighted by Crippen LogP contribution is 2.35. The first-order valence-corrected chi connectivity index (χ1v) is 10.9. The highest BCUT2D eigenvalue weighted by Gasteiger charge is 2.38. The zero-order valence-corrected chi connectivity index (χ0v) is 17.4. The van der Waals surface area contributed by atoms with Crippen LogP contribution in [0.3, 0.4) is 0 Å². The first-order valence-electron chi connectivity index (χ1n) is 10.9. The van der Waals surface area contributed by atoms with Crippen molar-refractivity contribution >= 4 is 5.91 Å². The molecule has 0 aromatic carbocycles. The first kappa shape index (κ1) is 19.5. The Kier molecular flexibility index (Phi) is 5.20. The largest absolute Gasteiger partial charge is 0.364 e. The molecule has 2 aromatic heterocycles. The van der Waals surface area contributed by atoms with Gasteiger partial charge in [-0.3, -0.25) is 14.5 Å². The summed E-state index contributed by atoms with van der Waals surface area (Å²) in [6.45, 7) is 4.32. The van der Waals surface area contributed by atoms with Gasteiger partial charge in [-0.25, -0.2) is 0 Å². The molecule has 2 bridgehead atoms. The van der Waals surface area contributed by atoms with Crippen LogP contribution in [0.1, 0.15) is 42.1 Å². The number of fused-ring (bicyclic) bond motifs is 4. The van der Waals surface area contributed by atoms with Crippen LogP contribution in [-0.2, 0) is 24.4 Å². The van der Waals surface area contributed by atoms with Crippen LogP contribution in [0.5, 0.6) is 0 Å². The molecule has 3 aliphatic heterocycles. The van der Waals surface area contributed by atoms with E-state index in [1.165, 1.54) is 0 Å². The molecule has 0 radical (unpaired) electrons. The van der Waals surface area contributed by atoms with Crippen molar-refractivity contribution in [3.63, 3.8) is 0 Å². The fraction of sp³-hybridized carbons (Fsp3) is 0.591. The summed E-state index contributed by atoms with van der Waals surface area (Å²) in [4.78, 5) is 30.2. The summed E-state index contributed by atoms with van der Waals surface area (Å²) in [5.74, 6) is 0.837. The molecule has 3 aliphatic rings. The lowest BCUT2D eigenvalue weighted by Gasteiger charge is -2.43. The van der Waals surface area contributed by atoms with Gasteiger partial charge in [-0.05, 0) is 44.8 Å². The zero-order valence-electron chi connectivity index (χ0n) is 17.4. The van der Waals surface area contributed by atoms with Crippen LogP contribution in [0.4, 0.5) is 0 Å². The number of rotatable bonds is 5. The average molecular weight is 412 g/mol. The van der Waals surface area contributed by atoms with Crippen molar-refractivity contribution in [2.45, 2.75) is 50.9 Å². The van der Waals surface area contributed by atoms with Crippen molar-refractivity contribution in [1.29, 1.82) is 0 Å². The smallest absolute Gasteiger partial charge is 0.255 e. The molecule has 2 saturated heterocycles. The van der Waals surface area contributed by atoms with E-state index in [0.717, 1.165) is 55.8 Å². The Morgan fingerprint density at radius 1 is 1.27 bits per heavy atom. The molecule has 0 aliphatic carbocycles. The second kappa shape index (κ2) is 8.00. The fourth-order valence-corrected chi connectivity index (χ4v) is 5.35. The molecule has 0 spiro atoms. The SMILES string of the molecule is CN(Cc1ccon1)Cc1ccc2n(c1=O)C[C@H]1C[C@@H]2CN(C(=O)[C@@H]2CCCN2)C1. The van der Waals surface area contributed by atoms with Crippen LogP contribution in [-0.4, -0.2) is 58.2 Å². The van der Waals surface area contributed by atoms with Crippen LogP contribution >= 0.6 is 0 Å². The maximum absolute atomic E-state index is 13.2. The molecule has 1 amide bonds. The minimum atomic E-state index is -0.0198. The number of nitrogens with zero attached hydrogens (tertiary/aromatic N) is 4. The number of likely N-dealkylation sites (tertiary alicyclic amines) is 1. The third-order valence-corrected chi connectivity index (χ3v) is 6.72. The lowest BCUT2D eigenvalue weighted by Crippen LogP contribution is -2.53. The molecular formula is C22H29N5O3. The van der Waals surface area contributed by atoms with Crippen molar-refractivity contribution < 1.29 is 9.32 Å². The standard InChI is InChI=1S/C22H29N5O3/c1-25(14-18-6-8-30-24-18)12-16-4-5-20-17-9-15(11-27(20)21(16)28)10-26(13-17)22(29)19-3-2-7-23-19/h4-6,8,15,17,19,23H,2-3,7,9-14H2,1H3/t15-,17+,19-/m0/s1. The van der Waals surface area contributed by atoms with Gasteiger partial charge in [0, 0.05) is 56.0 Å². The lowest BCUT2D eigenvalue weighted by molar-refractivity contribution is -0.135. The summed E-state index contributed by atoms with van der Waals surface area (Å²) in [6.07, 6.45) is 4.63. The third-order valence-electron chi connectivity index (χ3n) is 6.72. The van der Waals surface area contributed by atoms with Crippen molar-refractivity contribution in [3.05, 3.63) is 51.8 Å². The number of pyridine rings is 1. The van der Waals surface area contributed by atoms with Crippen LogP contribution in [0.2, 0.25) is 0 Å². The molecule has 2 fully saturated rings. The molecule has 2 aromatic rings. The van der Waals surface area contributed by atoms with Crippen LogP contribution in [0.25, 0.3) is 0 Å². The van der Waals surface area contributed by atoms with Gasteiger partial charge in [0.05, 0.1) is 11.7 Å². The second-order valence-corrected chi connectivity index (χ2v) is 9.05. The molecule has 5 heterocycles. The summed E-state index contributed by atoms with van der Waals surface area (Å²) in [6, 6.07) is 5.88. The number of hydrogen-bond acceptors (Lipinski definition) is 6. The van der Waals surface area contributed by atoms with E-state index < -0.39 is 0 Å². The van der Waals surface area contributed by atoms with Crippen molar-refractivity contribution in [2.75, 3.05) is 26.7 Å². The van der Waals surface area contributed by atoms with Gasteiger partial charge in [-0.2, -0.15) is 0 Å². The molecule has 5 rings (SSSR count). The highest BCUT2D eigenvalue weighted by molar-refractivity contribution is 5.82. The first-order chi connectivity index (χ1) is 14.6. The molecular weight excluding hydrogens is 382 g/mol. The van der Waals surface area contributed by atoms with Gasteiger partial charge < -0.3 is 19.3 Å². The normalized spacial score (nSPS) is 25.5. The Hall–Kier alpha value is -2.45. The molecule has 0 saturated carbocycles. The number of carbonyl (C=O) groups is 1. The van der Waals surface area contributed by atoms with Gasteiger partial charge in [0.15, 0.2) is 0 Å². The zero-order chi connectivity index (χ0) is 20.7. The van der Waals surface area contributed by atoms with E-state index in [9.17, 15) is 9.59 Å². The Labute approximate surface area is 175 Å². The van der Waals surface area contributed by atoms with Gasteiger partial charge in [0.25, 0.3) is 5.56 Å². The molecule has 8 heteroatoms. The minimum absolute atomic E-state index is 0.0198. The molecule has 0 unspecified atom stereocenters. The number of carbonyl (C=O) groups excluding carboxylic acids is 1. The van der Waals surface area contributed by atoms with Crippen molar-refractivity contribution in [1.82, 2.24) is 24.8 Å². The second-order valence-electron chi connectivity index (χ2n) is 9.05. The van der Waals surface area contributed by atoms with E-state index in [1.54, 1.807) is 6.26 Å². The molecule has 160 valence electrons. The quantitative estimate of drug-likeness (QED) is 0.795.